The second-order valence-electron chi connectivity index (χ2n) is 2.99. The molecular formula is C10H5BrF3NO2. The zero-order chi connectivity index (χ0) is 13.2. The molecule has 0 bridgehead atoms. The fraction of sp³-hybridized carbons (Fsp3) is 0.200. The summed E-state index contributed by atoms with van der Waals surface area (Å²) in [7, 11) is 1.04. The maximum Gasteiger partial charge on any atom is 0.416 e. The van der Waals surface area contributed by atoms with E-state index >= 15 is 0 Å². The van der Waals surface area contributed by atoms with Crippen LogP contribution >= 0.6 is 15.9 Å². The van der Waals surface area contributed by atoms with Crippen molar-refractivity contribution < 1.29 is 22.7 Å². The third kappa shape index (κ3) is 2.77. The number of rotatable bonds is 1. The summed E-state index contributed by atoms with van der Waals surface area (Å²) in [6.07, 6.45) is -4.63. The topological polar surface area (TPSA) is 50.1 Å². The van der Waals surface area contributed by atoms with Gasteiger partial charge in [-0.05, 0) is 28.1 Å². The minimum atomic E-state index is -4.63. The first-order valence-corrected chi connectivity index (χ1v) is 4.99. The van der Waals surface area contributed by atoms with E-state index in [9.17, 15) is 18.0 Å². The molecule has 1 rings (SSSR count). The Morgan fingerprint density at radius 1 is 1.47 bits per heavy atom. The molecule has 7 heteroatoms. The second-order valence-corrected chi connectivity index (χ2v) is 3.78. The Labute approximate surface area is 103 Å². The molecule has 0 spiro atoms. The van der Waals surface area contributed by atoms with Crippen LogP contribution in [-0.2, 0) is 10.9 Å². The Kier molecular flexibility index (Phi) is 3.78. The summed E-state index contributed by atoms with van der Waals surface area (Å²) in [6, 6.07) is 2.87. The van der Waals surface area contributed by atoms with E-state index in [0.29, 0.717) is 12.1 Å². The molecule has 0 unspecified atom stereocenters. The quantitative estimate of drug-likeness (QED) is 0.749. The monoisotopic (exact) mass is 307 g/mol. The van der Waals surface area contributed by atoms with Crippen LogP contribution in [0.4, 0.5) is 13.2 Å². The van der Waals surface area contributed by atoms with Crippen LogP contribution in [0.5, 0.6) is 0 Å². The van der Waals surface area contributed by atoms with Crippen LogP contribution in [0.1, 0.15) is 21.5 Å². The number of nitrogens with zero attached hydrogens (tertiary/aromatic N) is 1. The van der Waals surface area contributed by atoms with Gasteiger partial charge in [0.2, 0.25) is 0 Å². The van der Waals surface area contributed by atoms with Crippen molar-refractivity contribution in [1.29, 1.82) is 5.26 Å². The maximum absolute atomic E-state index is 12.5. The highest BCUT2D eigenvalue weighted by Crippen LogP contribution is 2.34. The molecule has 0 saturated carbocycles. The lowest BCUT2D eigenvalue weighted by Gasteiger charge is -2.10. The number of carbonyl (C=O) groups is 1. The van der Waals surface area contributed by atoms with Crippen molar-refractivity contribution in [3.63, 3.8) is 0 Å². The molecule has 0 saturated heterocycles. The molecule has 1 aromatic rings. The van der Waals surface area contributed by atoms with Crippen molar-refractivity contribution >= 4 is 21.9 Å². The largest absolute Gasteiger partial charge is 0.465 e. The molecule has 17 heavy (non-hydrogen) atoms. The normalized spacial score (nSPS) is 10.8. The van der Waals surface area contributed by atoms with Crippen LogP contribution in [0.3, 0.4) is 0 Å². The van der Waals surface area contributed by atoms with Gasteiger partial charge in [0.25, 0.3) is 0 Å². The van der Waals surface area contributed by atoms with Crippen molar-refractivity contribution in [3.05, 3.63) is 33.3 Å². The van der Waals surface area contributed by atoms with Gasteiger partial charge in [0.05, 0.1) is 23.8 Å². The summed E-state index contributed by atoms with van der Waals surface area (Å²) in [5, 5.41) is 8.69. The number of halogens is 4. The summed E-state index contributed by atoms with van der Waals surface area (Å²) in [4.78, 5) is 11.3. The van der Waals surface area contributed by atoms with Gasteiger partial charge in [0.15, 0.2) is 0 Å². The lowest BCUT2D eigenvalue weighted by Crippen LogP contribution is -2.10. The van der Waals surface area contributed by atoms with E-state index in [-0.39, 0.29) is 15.6 Å². The molecule has 0 radical (unpaired) electrons. The molecule has 0 fully saturated rings. The van der Waals surface area contributed by atoms with Gasteiger partial charge in [0.1, 0.15) is 6.07 Å². The van der Waals surface area contributed by atoms with Gasteiger partial charge < -0.3 is 4.74 Å². The smallest absolute Gasteiger partial charge is 0.416 e. The average Bonchev–Trinajstić information content (AvgIpc) is 2.26. The second kappa shape index (κ2) is 4.75. The van der Waals surface area contributed by atoms with Gasteiger partial charge in [-0.25, -0.2) is 4.79 Å². The summed E-state index contributed by atoms with van der Waals surface area (Å²) in [5.74, 6) is -0.945. The zero-order valence-corrected chi connectivity index (χ0v) is 10.0. The average molecular weight is 308 g/mol. The van der Waals surface area contributed by atoms with E-state index < -0.39 is 17.7 Å². The standard InChI is InChI=1S/C10H5BrF3NO2/c1-17-9(16)7-3-6(10(12,13)14)2-5(4-15)8(7)11/h2-3H,1H3. The number of nitriles is 1. The number of hydrogen-bond acceptors (Lipinski definition) is 3. The van der Waals surface area contributed by atoms with Crippen LogP contribution in [0, 0.1) is 11.3 Å². The van der Waals surface area contributed by atoms with Crippen LogP contribution in [0.15, 0.2) is 16.6 Å². The molecule has 0 amide bonds. The number of benzene rings is 1. The van der Waals surface area contributed by atoms with E-state index in [2.05, 4.69) is 20.7 Å². The fourth-order valence-electron chi connectivity index (χ4n) is 1.13. The van der Waals surface area contributed by atoms with E-state index in [1.54, 1.807) is 6.07 Å². The highest BCUT2D eigenvalue weighted by molar-refractivity contribution is 9.10. The van der Waals surface area contributed by atoms with Crippen molar-refractivity contribution in [2.24, 2.45) is 0 Å². The Balaban J connectivity index is 3.51. The van der Waals surface area contributed by atoms with E-state index in [1.807, 2.05) is 0 Å². The summed E-state index contributed by atoms with van der Waals surface area (Å²) < 4.78 is 41.8. The van der Waals surface area contributed by atoms with E-state index in [1.165, 1.54) is 0 Å². The van der Waals surface area contributed by atoms with Crippen LogP contribution in [-0.4, -0.2) is 13.1 Å². The van der Waals surface area contributed by atoms with Crippen molar-refractivity contribution in [3.8, 4) is 6.07 Å². The Morgan fingerprint density at radius 2 is 2.06 bits per heavy atom. The molecule has 0 aliphatic rings. The minimum Gasteiger partial charge on any atom is -0.465 e. The summed E-state index contributed by atoms with van der Waals surface area (Å²) in [6.45, 7) is 0. The lowest BCUT2D eigenvalue weighted by atomic mass is 10.1. The van der Waals surface area contributed by atoms with Gasteiger partial charge in [0, 0.05) is 4.47 Å². The fourth-order valence-corrected chi connectivity index (χ4v) is 1.61. The third-order valence-electron chi connectivity index (χ3n) is 1.93. The molecule has 0 aliphatic heterocycles. The minimum absolute atomic E-state index is 0.0140. The number of methoxy groups -OCH3 is 1. The van der Waals surface area contributed by atoms with E-state index in [4.69, 9.17) is 5.26 Å². The highest BCUT2D eigenvalue weighted by Gasteiger charge is 2.33. The lowest BCUT2D eigenvalue weighted by molar-refractivity contribution is -0.137. The Bertz CT molecular complexity index is 505. The van der Waals surface area contributed by atoms with Gasteiger partial charge in [-0.1, -0.05) is 0 Å². The molecule has 3 nitrogen and oxygen atoms in total. The highest BCUT2D eigenvalue weighted by atomic mass is 79.9. The molecule has 0 heterocycles. The first-order chi connectivity index (χ1) is 7.81. The Morgan fingerprint density at radius 3 is 2.47 bits per heavy atom. The van der Waals surface area contributed by atoms with Gasteiger partial charge in [-0.3, -0.25) is 0 Å². The predicted molar refractivity (Wildman–Crippen MR) is 55.2 cm³/mol. The SMILES string of the molecule is COC(=O)c1cc(C(F)(F)F)cc(C#N)c1Br. The van der Waals surface area contributed by atoms with Crippen molar-refractivity contribution in [2.75, 3.05) is 7.11 Å². The molecule has 0 N–H and O–H groups in total. The number of esters is 1. The summed E-state index contributed by atoms with van der Waals surface area (Å²) in [5.41, 5.74) is -1.68. The van der Waals surface area contributed by atoms with Crippen molar-refractivity contribution in [1.82, 2.24) is 0 Å². The molecule has 1 aromatic carbocycles. The molecule has 90 valence electrons. The molecular weight excluding hydrogens is 303 g/mol. The zero-order valence-electron chi connectivity index (χ0n) is 8.43. The van der Waals surface area contributed by atoms with Crippen molar-refractivity contribution in [2.45, 2.75) is 6.18 Å². The number of carbonyl (C=O) groups excluding carboxylic acids is 1. The van der Waals surface area contributed by atoms with Gasteiger partial charge in [-0.2, -0.15) is 18.4 Å². The molecule has 0 aliphatic carbocycles. The number of hydrogen-bond donors (Lipinski definition) is 0. The first-order valence-electron chi connectivity index (χ1n) is 4.20. The molecule has 0 aromatic heterocycles. The third-order valence-corrected chi connectivity index (χ3v) is 2.78. The number of ether oxygens (including phenoxy) is 1. The summed E-state index contributed by atoms with van der Waals surface area (Å²) >= 11 is 2.89. The molecule has 0 atom stereocenters. The van der Waals surface area contributed by atoms with Crippen LogP contribution in [0.2, 0.25) is 0 Å². The Hall–Kier alpha value is -1.55. The first kappa shape index (κ1) is 13.5. The van der Waals surface area contributed by atoms with Crippen LogP contribution < -0.4 is 0 Å². The maximum atomic E-state index is 12.5. The van der Waals surface area contributed by atoms with Crippen LogP contribution in [0.25, 0.3) is 0 Å². The predicted octanol–water partition coefficient (Wildman–Crippen LogP) is 3.13. The number of alkyl halides is 3. The van der Waals surface area contributed by atoms with Gasteiger partial charge >= 0.3 is 12.1 Å². The van der Waals surface area contributed by atoms with Gasteiger partial charge in [-0.15, -0.1) is 0 Å². The van der Waals surface area contributed by atoms with E-state index in [0.717, 1.165) is 7.11 Å².